The Hall–Kier alpha value is -1.23. The Kier molecular flexibility index (Phi) is 3.57. The molecule has 0 heterocycles. The lowest BCUT2D eigenvalue weighted by molar-refractivity contribution is 0.0996. The molecule has 0 saturated carbocycles. The van der Waals surface area contributed by atoms with E-state index in [2.05, 4.69) is 15.9 Å². The Morgan fingerprint density at radius 1 is 1.67 bits per heavy atom. The molecule has 3 N–H and O–H groups in total. The van der Waals surface area contributed by atoms with Crippen LogP contribution in [0.15, 0.2) is 10.5 Å². The van der Waals surface area contributed by atoms with Crippen LogP contribution in [0.4, 0.5) is 0 Å². The molecule has 82 valence electrons. The summed E-state index contributed by atoms with van der Waals surface area (Å²) >= 11 is 3.14. The number of ether oxygens (including phenoxy) is 1. The molecule has 15 heavy (non-hydrogen) atoms. The molecule has 0 atom stereocenters. The highest BCUT2D eigenvalue weighted by molar-refractivity contribution is 9.10. The van der Waals surface area contributed by atoms with E-state index in [9.17, 15) is 9.90 Å². The van der Waals surface area contributed by atoms with Crippen molar-refractivity contribution in [1.29, 1.82) is 0 Å². The Labute approximate surface area is 96.2 Å². The number of rotatable bonds is 3. The molecule has 0 aliphatic rings. The normalized spacial score (nSPS) is 10.1. The molecule has 0 saturated heterocycles. The summed E-state index contributed by atoms with van der Waals surface area (Å²) < 4.78 is 5.71. The quantitative estimate of drug-likeness (QED) is 0.884. The SMILES string of the molecule is CCOc1c(C(N)=O)cc(Br)c(O)c1C. The average molecular weight is 274 g/mol. The van der Waals surface area contributed by atoms with Crippen LogP contribution < -0.4 is 10.5 Å². The number of hydrogen-bond acceptors (Lipinski definition) is 3. The fraction of sp³-hybridized carbons (Fsp3) is 0.300. The summed E-state index contributed by atoms with van der Waals surface area (Å²) in [6.07, 6.45) is 0. The average Bonchev–Trinajstić information content (AvgIpc) is 2.18. The third-order valence-electron chi connectivity index (χ3n) is 1.99. The summed E-state index contributed by atoms with van der Waals surface area (Å²) in [4.78, 5) is 11.2. The van der Waals surface area contributed by atoms with Crippen molar-refractivity contribution in [2.24, 2.45) is 5.73 Å². The molecule has 1 aromatic carbocycles. The van der Waals surface area contributed by atoms with Crippen molar-refractivity contribution in [3.05, 3.63) is 21.7 Å². The van der Waals surface area contributed by atoms with E-state index in [4.69, 9.17) is 10.5 Å². The number of primary amides is 1. The molecule has 0 fully saturated rings. The summed E-state index contributed by atoms with van der Waals surface area (Å²) in [7, 11) is 0. The number of hydrogen-bond donors (Lipinski definition) is 2. The van der Waals surface area contributed by atoms with Gasteiger partial charge >= 0.3 is 0 Å². The van der Waals surface area contributed by atoms with E-state index < -0.39 is 5.91 Å². The van der Waals surface area contributed by atoms with Crippen LogP contribution in [0.5, 0.6) is 11.5 Å². The van der Waals surface area contributed by atoms with Crippen LogP contribution in [0.2, 0.25) is 0 Å². The summed E-state index contributed by atoms with van der Waals surface area (Å²) in [5, 5.41) is 9.64. The zero-order valence-electron chi connectivity index (χ0n) is 8.50. The minimum Gasteiger partial charge on any atom is -0.506 e. The first-order valence-corrected chi connectivity index (χ1v) is 5.23. The van der Waals surface area contributed by atoms with Gasteiger partial charge in [0.2, 0.25) is 0 Å². The molecular weight excluding hydrogens is 262 g/mol. The molecule has 4 nitrogen and oxygen atoms in total. The maximum absolute atomic E-state index is 11.2. The van der Waals surface area contributed by atoms with E-state index in [1.165, 1.54) is 6.07 Å². The smallest absolute Gasteiger partial charge is 0.252 e. The number of phenols is 1. The van der Waals surface area contributed by atoms with Crippen molar-refractivity contribution in [3.63, 3.8) is 0 Å². The van der Waals surface area contributed by atoms with Gasteiger partial charge < -0.3 is 15.6 Å². The Bertz CT molecular complexity index is 404. The second-order valence-corrected chi connectivity index (χ2v) is 3.86. The van der Waals surface area contributed by atoms with Gasteiger partial charge in [-0.15, -0.1) is 0 Å². The zero-order valence-corrected chi connectivity index (χ0v) is 10.1. The number of carbonyl (C=O) groups excluding carboxylic acids is 1. The molecule has 1 aromatic rings. The van der Waals surface area contributed by atoms with Gasteiger partial charge in [0.25, 0.3) is 5.91 Å². The van der Waals surface area contributed by atoms with Gasteiger partial charge in [0.1, 0.15) is 11.5 Å². The highest BCUT2D eigenvalue weighted by Gasteiger charge is 2.17. The van der Waals surface area contributed by atoms with Gasteiger partial charge in [-0.1, -0.05) is 0 Å². The molecule has 0 aromatic heterocycles. The molecule has 0 unspecified atom stereocenters. The first-order chi connectivity index (χ1) is 6.99. The number of nitrogens with two attached hydrogens (primary N) is 1. The van der Waals surface area contributed by atoms with Gasteiger partial charge in [0, 0.05) is 5.56 Å². The number of phenolic OH excluding ortho intramolecular Hbond substituents is 1. The summed E-state index contributed by atoms with van der Waals surface area (Å²) in [6.45, 7) is 3.86. The molecule has 0 radical (unpaired) electrons. The summed E-state index contributed by atoms with van der Waals surface area (Å²) in [5.41, 5.74) is 5.97. The van der Waals surface area contributed by atoms with Gasteiger partial charge in [-0.2, -0.15) is 0 Å². The van der Waals surface area contributed by atoms with Crippen molar-refractivity contribution in [3.8, 4) is 11.5 Å². The van der Waals surface area contributed by atoms with Gasteiger partial charge in [-0.05, 0) is 35.8 Å². The fourth-order valence-electron chi connectivity index (χ4n) is 1.26. The highest BCUT2D eigenvalue weighted by Crippen LogP contribution is 2.37. The van der Waals surface area contributed by atoms with Crippen molar-refractivity contribution in [2.75, 3.05) is 6.61 Å². The lowest BCUT2D eigenvalue weighted by Crippen LogP contribution is -2.14. The summed E-state index contributed by atoms with van der Waals surface area (Å²) in [5.74, 6) is -0.184. The lowest BCUT2D eigenvalue weighted by atomic mass is 10.1. The molecular formula is C10H12BrNO3. The van der Waals surface area contributed by atoms with Gasteiger partial charge in [0.05, 0.1) is 16.6 Å². The van der Waals surface area contributed by atoms with E-state index in [1.807, 2.05) is 0 Å². The third kappa shape index (κ3) is 2.23. The highest BCUT2D eigenvalue weighted by atomic mass is 79.9. The number of amides is 1. The topological polar surface area (TPSA) is 72.5 Å². The second kappa shape index (κ2) is 4.53. The van der Waals surface area contributed by atoms with Crippen molar-refractivity contribution < 1.29 is 14.6 Å². The molecule has 0 bridgehead atoms. The largest absolute Gasteiger partial charge is 0.506 e. The van der Waals surface area contributed by atoms with Crippen LogP contribution in [0.25, 0.3) is 0 Å². The molecule has 1 rings (SSSR count). The fourth-order valence-corrected chi connectivity index (χ4v) is 1.79. The van der Waals surface area contributed by atoms with E-state index >= 15 is 0 Å². The summed E-state index contributed by atoms with van der Waals surface area (Å²) in [6, 6.07) is 1.45. The molecule has 0 spiro atoms. The standard InChI is InChI=1S/C10H12BrNO3/c1-3-15-9-5(2)8(13)7(11)4-6(9)10(12)14/h4,13H,3H2,1-2H3,(H2,12,14). The Morgan fingerprint density at radius 3 is 2.73 bits per heavy atom. The zero-order chi connectivity index (χ0) is 11.6. The minimum atomic E-state index is -0.581. The van der Waals surface area contributed by atoms with Crippen molar-refractivity contribution in [2.45, 2.75) is 13.8 Å². The number of halogens is 1. The van der Waals surface area contributed by atoms with Crippen LogP contribution in [0.3, 0.4) is 0 Å². The van der Waals surface area contributed by atoms with Crippen LogP contribution in [0.1, 0.15) is 22.8 Å². The maximum Gasteiger partial charge on any atom is 0.252 e. The number of carbonyl (C=O) groups is 1. The first kappa shape index (κ1) is 11.8. The Morgan fingerprint density at radius 2 is 2.27 bits per heavy atom. The van der Waals surface area contributed by atoms with Crippen LogP contribution >= 0.6 is 15.9 Å². The second-order valence-electron chi connectivity index (χ2n) is 3.01. The predicted octanol–water partition coefficient (Wildman–Crippen LogP) is 1.96. The molecule has 5 heteroatoms. The van der Waals surface area contributed by atoms with Crippen molar-refractivity contribution >= 4 is 21.8 Å². The number of benzene rings is 1. The predicted molar refractivity (Wildman–Crippen MR) is 60.2 cm³/mol. The number of aromatic hydroxyl groups is 1. The molecule has 0 aliphatic carbocycles. The third-order valence-corrected chi connectivity index (χ3v) is 2.60. The van der Waals surface area contributed by atoms with Crippen LogP contribution in [0, 0.1) is 6.92 Å². The molecule has 0 aliphatic heterocycles. The van der Waals surface area contributed by atoms with E-state index in [0.717, 1.165) is 0 Å². The van der Waals surface area contributed by atoms with Crippen LogP contribution in [-0.2, 0) is 0 Å². The Balaban J connectivity index is 3.43. The van der Waals surface area contributed by atoms with Crippen molar-refractivity contribution in [1.82, 2.24) is 0 Å². The van der Waals surface area contributed by atoms with E-state index in [1.54, 1.807) is 13.8 Å². The lowest BCUT2D eigenvalue weighted by Gasteiger charge is -2.13. The van der Waals surface area contributed by atoms with E-state index in [-0.39, 0.29) is 11.3 Å². The van der Waals surface area contributed by atoms with Crippen LogP contribution in [-0.4, -0.2) is 17.6 Å². The van der Waals surface area contributed by atoms with Gasteiger partial charge in [0.15, 0.2) is 0 Å². The monoisotopic (exact) mass is 273 g/mol. The maximum atomic E-state index is 11.2. The van der Waals surface area contributed by atoms with Gasteiger partial charge in [-0.3, -0.25) is 4.79 Å². The minimum absolute atomic E-state index is 0.0588. The first-order valence-electron chi connectivity index (χ1n) is 4.43. The molecule has 1 amide bonds. The van der Waals surface area contributed by atoms with Gasteiger partial charge in [-0.25, -0.2) is 0 Å². The van der Waals surface area contributed by atoms with E-state index in [0.29, 0.717) is 22.4 Å².